The number of hydrogen-bond acceptors (Lipinski definition) is 4. The molecule has 26 heavy (non-hydrogen) atoms. The lowest BCUT2D eigenvalue weighted by Crippen LogP contribution is -2.16. The van der Waals surface area contributed by atoms with Crippen LogP contribution in [0.3, 0.4) is 0 Å². The van der Waals surface area contributed by atoms with Gasteiger partial charge in [0.05, 0.1) is 12.7 Å². The third-order valence-electron chi connectivity index (χ3n) is 4.27. The summed E-state index contributed by atoms with van der Waals surface area (Å²) in [5.74, 6) is 0.745. The molecule has 0 aliphatic rings. The van der Waals surface area contributed by atoms with Gasteiger partial charge in [-0.25, -0.2) is 4.79 Å². The average Bonchev–Trinajstić information content (AvgIpc) is 2.62. The van der Waals surface area contributed by atoms with Crippen LogP contribution in [-0.2, 0) is 9.53 Å². The van der Waals surface area contributed by atoms with Gasteiger partial charge < -0.3 is 14.6 Å². The number of benzene rings is 1. The second-order valence-corrected chi connectivity index (χ2v) is 6.85. The van der Waals surface area contributed by atoms with Crippen molar-refractivity contribution in [2.45, 2.75) is 77.7 Å². The van der Waals surface area contributed by atoms with Crippen molar-refractivity contribution < 1.29 is 19.4 Å². The van der Waals surface area contributed by atoms with Gasteiger partial charge in [-0.2, -0.15) is 0 Å². The quantitative estimate of drug-likeness (QED) is 0.258. The van der Waals surface area contributed by atoms with Gasteiger partial charge >= 0.3 is 5.97 Å². The molecular formula is C22H34O4. The molecule has 1 N–H and O–H groups in total. The Hall–Kier alpha value is -1.97. The second kappa shape index (κ2) is 13.3. The van der Waals surface area contributed by atoms with E-state index < -0.39 is 0 Å². The predicted molar refractivity (Wildman–Crippen MR) is 106 cm³/mol. The van der Waals surface area contributed by atoms with Crippen LogP contribution in [0.25, 0.3) is 0 Å². The number of carbonyl (C=O) groups is 1. The van der Waals surface area contributed by atoms with Crippen molar-refractivity contribution in [2.24, 2.45) is 0 Å². The number of unbranched alkanes of at least 4 members (excludes halogenated alkanes) is 5. The maximum Gasteiger partial charge on any atom is 0.333 e. The van der Waals surface area contributed by atoms with Crippen molar-refractivity contribution in [3.8, 4) is 11.5 Å². The largest absolute Gasteiger partial charge is 0.508 e. The van der Waals surface area contributed by atoms with Crippen LogP contribution < -0.4 is 4.74 Å². The van der Waals surface area contributed by atoms with E-state index in [1.807, 2.05) is 12.1 Å². The normalized spacial score (nSPS) is 11.8. The van der Waals surface area contributed by atoms with Crippen LogP contribution >= 0.6 is 0 Å². The van der Waals surface area contributed by atoms with E-state index >= 15 is 0 Å². The summed E-state index contributed by atoms with van der Waals surface area (Å²) in [6, 6.07) is 6.93. The van der Waals surface area contributed by atoms with Crippen molar-refractivity contribution in [3.05, 3.63) is 36.4 Å². The van der Waals surface area contributed by atoms with Gasteiger partial charge in [0.1, 0.15) is 11.5 Å². The first kappa shape index (κ1) is 22.1. The highest BCUT2D eigenvalue weighted by molar-refractivity contribution is 5.86. The number of carbonyl (C=O) groups excluding carboxylic acids is 1. The molecule has 0 radical (unpaired) electrons. The minimum atomic E-state index is -0.311. The molecule has 1 rings (SSSR count). The second-order valence-electron chi connectivity index (χ2n) is 6.85. The fourth-order valence-electron chi connectivity index (χ4n) is 2.72. The smallest absolute Gasteiger partial charge is 0.333 e. The van der Waals surface area contributed by atoms with Crippen molar-refractivity contribution in [1.29, 1.82) is 0 Å². The zero-order valence-corrected chi connectivity index (χ0v) is 16.3. The standard InChI is InChI=1S/C22H34O4/c1-4-5-6-8-11-20(26-21-15-13-19(23)14-16-21)12-9-7-10-17-25-22(24)18(2)3/h13-16,20,23H,2,4-12,17H2,1,3H3. The van der Waals surface area contributed by atoms with E-state index in [2.05, 4.69) is 13.5 Å². The number of rotatable bonds is 14. The highest BCUT2D eigenvalue weighted by Gasteiger charge is 2.11. The Balaban J connectivity index is 2.32. The van der Waals surface area contributed by atoms with Gasteiger partial charge in [-0.3, -0.25) is 0 Å². The molecule has 0 bridgehead atoms. The van der Waals surface area contributed by atoms with Crippen LogP contribution in [0.15, 0.2) is 36.4 Å². The van der Waals surface area contributed by atoms with Crippen LogP contribution in [-0.4, -0.2) is 23.8 Å². The summed E-state index contributed by atoms with van der Waals surface area (Å²) in [6.45, 7) is 7.90. The molecule has 0 amide bonds. The first-order valence-corrected chi connectivity index (χ1v) is 9.81. The Morgan fingerprint density at radius 2 is 1.65 bits per heavy atom. The van der Waals surface area contributed by atoms with Crippen molar-refractivity contribution in [1.82, 2.24) is 0 Å². The minimum Gasteiger partial charge on any atom is -0.508 e. The minimum absolute atomic E-state index is 0.189. The third kappa shape index (κ3) is 10.1. The van der Waals surface area contributed by atoms with E-state index in [0.29, 0.717) is 12.2 Å². The van der Waals surface area contributed by atoms with Crippen molar-refractivity contribution in [3.63, 3.8) is 0 Å². The van der Waals surface area contributed by atoms with Gasteiger partial charge in [-0.15, -0.1) is 0 Å². The molecule has 0 fully saturated rings. The number of esters is 1. The first-order chi connectivity index (χ1) is 12.5. The molecule has 0 heterocycles. The number of aromatic hydroxyl groups is 1. The maximum absolute atomic E-state index is 11.3. The molecule has 0 aromatic heterocycles. The molecular weight excluding hydrogens is 328 g/mol. The summed E-state index contributed by atoms with van der Waals surface area (Å²) < 4.78 is 11.2. The summed E-state index contributed by atoms with van der Waals surface area (Å²) in [4.78, 5) is 11.3. The van der Waals surface area contributed by atoms with E-state index in [1.165, 1.54) is 25.7 Å². The molecule has 1 aromatic carbocycles. The zero-order valence-electron chi connectivity index (χ0n) is 16.3. The Kier molecular flexibility index (Phi) is 11.3. The van der Waals surface area contributed by atoms with E-state index in [1.54, 1.807) is 19.1 Å². The van der Waals surface area contributed by atoms with Gasteiger partial charge in [0, 0.05) is 5.57 Å². The summed E-state index contributed by atoms with van der Waals surface area (Å²) in [5.41, 5.74) is 0.444. The summed E-state index contributed by atoms with van der Waals surface area (Å²) in [7, 11) is 0. The number of phenols is 1. The van der Waals surface area contributed by atoms with Crippen molar-refractivity contribution >= 4 is 5.97 Å². The average molecular weight is 363 g/mol. The zero-order chi connectivity index (χ0) is 19.2. The Morgan fingerprint density at radius 3 is 2.23 bits per heavy atom. The first-order valence-electron chi connectivity index (χ1n) is 9.81. The van der Waals surface area contributed by atoms with E-state index in [-0.39, 0.29) is 17.8 Å². The molecule has 0 saturated carbocycles. The van der Waals surface area contributed by atoms with E-state index in [9.17, 15) is 9.90 Å². The van der Waals surface area contributed by atoms with Gasteiger partial charge in [0.2, 0.25) is 0 Å². The molecule has 146 valence electrons. The van der Waals surface area contributed by atoms with Gasteiger partial charge in [-0.1, -0.05) is 32.8 Å². The fourth-order valence-corrected chi connectivity index (χ4v) is 2.72. The highest BCUT2D eigenvalue weighted by atomic mass is 16.5. The predicted octanol–water partition coefficient (Wildman–Crippen LogP) is 5.79. The molecule has 4 nitrogen and oxygen atoms in total. The fraction of sp³-hybridized carbons (Fsp3) is 0.591. The Bertz CT molecular complexity index is 521. The van der Waals surface area contributed by atoms with Crippen LogP contribution in [0.5, 0.6) is 11.5 Å². The lowest BCUT2D eigenvalue weighted by Gasteiger charge is -2.19. The summed E-state index contributed by atoms with van der Waals surface area (Å²) in [6.07, 6.45) is 10.0. The molecule has 1 unspecified atom stereocenters. The lowest BCUT2D eigenvalue weighted by atomic mass is 10.0. The molecule has 1 aromatic rings. The van der Waals surface area contributed by atoms with Crippen molar-refractivity contribution in [2.75, 3.05) is 6.61 Å². The molecule has 1 atom stereocenters. The molecule has 0 saturated heterocycles. The van der Waals surface area contributed by atoms with Crippen LogP contribution in [0.2, 0.25) is 0 Å². The molecule has 0 aliphatic heterocycles. The van der Waals surface area contributed by atoms with E-state index in [4.69, 9.17) is 9.47 Å². The van der Waals surface area contributed by atoms with Crippen LogP contribution in [0.4, 0.5) is 0 Å². The van der Waals surface area contributed by atoms with Crippen LogP contribution in [0.1, 0.15) is 71.6 Å². The van der Waals surface area contributed by atoms with E-state index in [0.717, 1.165) is 37.9 Å². The van der Waals surface area contributed by atoms with Gasteiger partial charge in [0.15, 0.2) is 0 Å². The van der Waals surface area contributed by atoms with Gasteiger partial charge in [-0.05, 0) is 69.7 Å². The molecule has 0 aliphatic carbocycles. The highest BCUT2D eigenvalue weighted by Crippen LogP contribution is 2.21. The summed E-state index contributed by atoms with van der Waals surface area (Å²) >= 11 is 0. The Morgan fingerprint density at radius 1 is 1.04 bits per heavy atom. The lowest BCUT2D eigenvalue weighted by molar-refractivity contribution is -0.139. The number of ether oxygens (including phenoxy) is 2. The topological polar surface area (TPSA) is 55.8 Å². The summed E-state index contributed by atoms with van der Waals surface area (Å²) in [5, 5.41) is 9.39. The van der Waals surface area contributed by atoms with Gasteiger partial charge in [0.25, 0.3) is 0 Å². The monoisotopic (exact) mass is 362 g/mol. The maximum atomic E-state index is 11.3. The molecule has 0 spiro atoms. The third-order valence-corrected chi connectivity index (χ3v) is 4.27. The number of phenolic OH excluding ortho intramolecular Hbond substituents is 1. The molecule has 4 heteroatoms. The Labute approximate surface area is 158 Å². The van der Waals surface area contributed by atoms with Crippen LogP contribution in [0, 0.1) is 0 Å². The SMILES string of the molecule is C=C(C)C(=O)OCCCCCC(CCCCCC)Oc1ccc(O)cc1. The number of hydrogen-bond donors (Lipinski definition) is 1.